The summed E-state index contributed by atoms with van der Waals surface area (Å²) < 4.78 is 0. The lowest BCUT2D eigenvalue weighted by atomic mass is 9.47. The van der Waals surface area contributed by atoms with Gasteiger partial charge in [0.2, 0.25) is 0 Å². The van der Waals surface area contributed by atoms with Crippen LogP contribution in [0.1, 0.15) is 86.0 Å². The van der Waals surface area contributed by atoms with Gasteiger partial charge in [-0.15, -0.1) is 0 Å². The Morgan fingerprint density at radius 2 is 2.00 bits per heavy atom. The molecule has 0 bridgehead atoms. The van der Waals surface area contributed by atoms with Crippen molar-refractivity contribution in [2.45, 2.75) is 98.1 Å². The number of nitrogens with zero attached hydrogens (tertiary/aromatic N) is 2. The zero-order valence-electron chi connectivity index (χ0n) is 22.3. The van der Waals surface area contributed by atoms with Crippen LogP contribution in [0.5, 0.6) is 0 Å². The molecule has 0 aliphatic heterocycles. The predicted molar refractivity (Wildman–Crippen MR) is 137 cm³/mol. The van der Waals surface area contributed by atoms with Gasteiger partial charge in [0, 0.05) is 32.1 Å². The van der Waals surface area contributed by atoms with Crippen LogP contribution >= 0.6 is 0 Å². The van der Waals surface area contributed by atoms with Gasteiger partial charge in [0.25, 0.3) is 0 Å². The number of aliphatic hydroxyl groups excluding tert-OH is 1. The first-order valence-corrected chi connectivity index (χ1v) is 13.6. The van der Waals surface area contributed by atoms with Crippen molar-refractivity contribution >= 4 is 11.8 Å². The number of fused-ring (bicyclic) bond motifs is 5. The van der Waals surface area contributed by atoms with Gasteiger partial charge in [-0.1, -0.05) is 44.5 Å². The number of carbonyl (C=O) groups excluding carboxylic acids is 1. The molecule has 6 nitrogen and oxygen atoms in total. The Morgan fingerprint density at radius 1 is 1.24 bits per heavy atom. The number of hydrogen-bond donors (Lipinski definition) is 2. The summed E-state index contributed by atoms with van der Waals surface area (Å²) in [6, 6.07) is 0.398. The van der Waals surface area contributed by atoms with E-state index in [0.717, 1.165) is 56.2 Å². The molecule has 4 aliphatic rings. The van der Waals surface area contributed by atoms with E-state index in [1.807, 2.05) is 0 Å². The fourth-order valence-electron chi connectivity index (χ4n) is 8.18. The van der Waals surface area contributed by atoms with E-state index < -0.39 is 0 Å². The fraction of sp³-hybridized carbons (Fsp3) is 0.857. The number of allylic oxidation sites excluding steroid dienone is 1. The number of rotatable bonds is 6. The Bertz CT molecular complexity index is 824. The van der Waals surface area contributed by atoms with Crippen molar-refractivity contribution < 1.29 is 14.7 Å². The first kappa shape index (κ1) is 25.7. The number of hydrogen-bond acceptors (Lipinski definition) is 5. The third kappa shape index (κ3) is 4.69. The molecule has 1 amide bonds. The zero-order valence-corrected chi connectivity index (χ0v) is 22.3. The summed E-state index contributed by atoms with van der Waals surface area (Å²) in [5.41, 5.74) is 3.01. The maximum atomic E-state index is 12.4. The predicted octanol–water partition coefficient (Wildman–Crippen LogP) is 5.37. The Hall–Kier alpha value is -1.40. The Labute approximate surface area is 206 Å². The fourth-order valence-corrected chi connectivity index (χ4v) is 8.18. The molecule has 192 valence electrons. The molecule has 0 spiro atoms. The van der Waals surface area contributed by atoms with Gasteiger partial charge in [-0.05, 0) is 86.9 Å². The monoisotopic (exact) mass is 473 g/mol. The van der Waals surface area contributed by atoms with Crippen molar-refractivity contribution in [3.05, 3.63) is 11.6 Å². The Kier molecular flexibility index (Phi) is 7.50. The number of aliphatic hydroxyl groups is 1. The maximum absolute atomic E-state index is 12.4. The van der Waals surface area contributed by atoms with Crippen LogP contribution in [0.25, 0.3) is 0 Å². The molecule has 7 atom stereocenters. The highest BCUT2D eigenvalue weighted by molar-refractivity contribution is 5.85. The molecule has 0 unspecified atom stereocenters. The third-order valence-corrected chi connectivity index (χ3v) is 10.2. The second kappa shape index (κ2) is 9.93. The van der Waals surface area contributed by atoms with Crippen LogP contribution in [-0.2, 0) is 4.84 Å². The molecule has 0 aromatic rings. The SMILES string of the molecule is C/C(=N\OC(=O)N(C)CCNC(C)C)[C@H]1CC[C@H]2[C@@H]3CC=C4C[C@@H](O)CC[C@]4(C)[C@H]3CC[C@]12C. The van der Waals surface area contributed by atoms with Gasteiger partial charge in [-0.3, -0.25) is 4.84 Å². The average Bonchev–Trinajstić information content (AvgIpc) is 3.14. The van der Waals surface area contributed by atoms with Crippen molar-refractivity contribution in [2.75, 3.05) is 20.1 Å². The van der Waals surface area contributed by atoms with Crippen LogP contribution in [0.4, 0.5) is 4.79 Å². The molecule has 3 fully saturated rings. The molecule has 0 saturated heterocycles. The highest BCUT2D eigenvalue weighted by atomic mass is 16.7. The molecule has 2 N–H and O–H groups in total. The molecule has 4 aliphatic carbocycles. The van der Waals surface area contributed by atoms with Gasteiger partial charge in [-0.25, -0.2) is 4.79 Å². The number of oxime groups is 1. The van der Waals surface area contributed by atoms with Gasteiger partial charge in [0.1, 0.15) is 0 Å². The first-order valence-electron chi connectivity index (χ1n) is 13.6. The van der Waals surface area contributed by atoms with Crippen LogP contribution in [0.3, 0.4) is 0 Å². The smallest absolute Gasteiger partial charge is 0.393 e. The highest BCUT2D eigenvalue weighted by Crippen LogP contribution is 2.66. The lowest BCUT2D eigenvalue weighted by Gasteiger charge is -2.58. The average molecular weight is 474 g/mol. The minimum absolute atomic E-state index is 0.146. The van der Waals surface area contributed by atoms with Crippen LogP contribution in [0, 0.1) is 34.5 Å². The van der Waals surface area contributed by atoms with E-state index in [2.05, 4.69) is 51.2 Å². The third-order valence-electron chi connectivity index (χ3n) is 10.2. The molecule has 0 aromatic carbocycles. The summed E-state index contributed by atoms with van der Waals surface area (Å²) in [6.07, 6.45) is 10.9. The van der Waals surface area contributed by atoms with Gasteiger partial charge in [0.05, 0.1) is 11.8 Å². The second-order valence-electron chi connectivity index (χ2n) is 12.5. The Morgan fingerprint density at radius 3 is 2.74 bits per heavy atom. The minimum atomic E-state index is -0.384. The largest absolute Gasteiger partial charge is 0.435 e. The summed E-state index contributed by atoms with van der Waals surface area (Å²) in [4.78, 5) is 19.4. The van der Waals surface area contributed by atoms with Crippen molar-refractivity contribution in [1.82, 2.24) is 10.2 Å². The molecule has 34 heavy (non-hydrogen) atoms. The molecule has 0 aromatic heterocycles. The minimum Gasteiger partial charge on any atom is -0.393 e. The van der Waals surface area contributed by atoms with E-state index in [9.17, 15) is 9.90 Å². The summed E-state index contributed by atoms with van der Waals surface area (Å²) in [5.74, 6) is 2.54. The quantitative estimate of drug-likeness (QED) is 0.235. The summed E-state index contributed by atoms with van der Waals surface area (Å²) in [6.45, 7) is 12.5. The number of carbonyl (C=O) groups is 1. The molecule has 6 heteroatoms. The normalized spacial score (nSPS) is 39.7. The van der Waals surface area contributed by atoms with E-state index in [4.69, 9.17) is 4.84 Å². The van der Waals surface area contributed by atoms with E-state index in [-0.39, 0.29) is 23.0 Å². The van der Waals surface area contributed by atoms with E-state index in [1.165, 1.54) is 24.8 Å². The molecular formula is C28H47N3O3. The van der Waals surface area contributed by atoms with Crippen LogP contribution < -0.4 is 5.32 Å². The lowest BCUT2D eigenvalue weighted by Crippen LogP contribution is -2.50. The van der Waals surface area contributed by atoms with Crippen molar-refractivity contribution in [3.8, 4) is 0 Å². The molecule has 3 saturated carbocycles. The summed E-state index contributed by atoms with van der Waals surface area (Å²) in [5, 5.41) is 17.9. The van der Waals surface area contributed by atoms with Crippen molar-refractivity contribution in [3.63, 3.8) is 0 Å². The lowest BCUT2D eigenvalue weighted by molar-refractivity contribution is -0.0426. The van der Waals surface area contributed by atoms with Crippen LogP contribution in [-0.4, -0.2) is 54.1 Å². The van der Waals surface area contributed by atoms with Crippen LogP contribution in [0.2, 0.25) is 0 Å². The highest BCUT2D eigenvalue weighted by Gasteiger charge is 2.59. The molecular weight excluding hydrogens is 426 g/mol. The van der Waals surface area contributed by atoms with Gasteiger partial charge in [0.15, 0.2) is 0 Å². The maximum Gasteiger partial charge on any atom is 0.435 e. The summed E-state index contributed by atoms with van der Waals surface area (Å²) in [7, 11) is 1.76. The van der Waals surface area contributed by atoms with Crippen molar-refractivity contribution in [1.29, 1.82) is 0 Å². The standard InChI is InChI=1S/C28H47N3O3/c1-18(2)29-15-16-31(6)26(33)34-30-19(3)23-9-10-24-22-8-7-20-17-21(32)11-13-27(20,4)25(22)12-14-28(23,24)5/h7,18,21-25,29,32H,8-17H2,1-6H3/b30-19+/t21-,22-,23+,24-,25-,27-,28+/m0/s1. The zero-order chi connectivity index (χ0) is 24.7. The molecule has 0 radical (unpaired) electrons. The summed E-state index contributed by atoms with van der Waals surface area (Å²) >= 11 is 0. The van der Waals surface area contributed by atoms with Crippen LogP contribution in [0.15, 0.2) is 16.8 Å². The first-order chi connectivity index (χ1) is 16.1. The van der Waals surface area contributed by atoms with Crippen molar-refractivity contribution in [2.24, 2.45) is 39.7 Å². The molecule has 0 heterocycles. The molecule has 4 rings (SSSR count). The van der Waals surface area contributed by atoms with Gasteiger partial charge in [-0.2, -0.15) is 0 Å². The van der Waals surface area contributed by atoms with E-state index in [1.54, 1.807) is 11.9 Å². The van der Waals surface area contributed by atoms with E-state index >= 15 is 0 Å². The van der Waals surface area contributed by atoms with E-state index in [0.29, 0.717) is 24.4 Å². The van der Waals surface area contributed by atoms with Gasteiger partial charge < -0.3 is 15.3 Å². The van der Waals surface area contributed by atoms with Gasteiger partial charge >= 0.3 is 6.09 Å². The number of nitrogens with one attached hydrogen (secondary N) is 1. The topological polar surface area (TPSA) is 74.2 Å². The second-order valence-corrected chi connectivity index (χ2v) is 12.5. The number of amides is 1. The Balaban J connectivity index is 1.41. The number of likely N-dealkylation sites (N-methyl/N-ethyl adjacent to an activating group) is 1.